The van der Waals surface area contributed by atoms with Crippen LogP contribution >= 0.6 is 0 Å². The van der Waals surface area contributed by atoms with Crippen molar-refractivity contribution in [3.63, 3.8) is 0 Å². The van der Waals surface area contributed by atoms with Gasteiger partial charge in [-0.2, -0.15) is 0 Å². The van der Waals surface area contributed by atoms with E-state index in [0.717, 1.165) is 102 Å². The molecule has 0 N–H and O–H groups in total. The second-order valence-electron chi connectivity index (χ2n) is 16.7. The lowest BCUT2D eigenvalue weighted by atomic mass is 9.92. The van der Waals surface area contributed by atoms with E-state index in [-0.39, 0.29) is 18.0 Å². The summed E-state index contributed by atoms with van der Waals surface area (Å²) in [4.78, 5) is 36.7. The third-order valence-corrected chi connectivity index (χ3v) is 10.9. The molecule has 0 aromatic heterocycles. The quantitative estimate of drug-likeness (QED) is 0.0347. The zero-order valence-corrected chi connectivity index (χ0v) is 38.0. The molecule has 0 aliphatic rings. The average molecular weight is 782 g/mol. The van der Waals surface area contributed by atoms with Gasteiger partial charge >= 0.3 is 11.9 Å². The van der Waals surface area contributed by atoms with E-state index in [2.05, 4.69) is 27.7 Å². The van der Waals surface area contributed by atoms with Gasteiger partial charge in [-0.05, 0) is 77.3 Å². The first kappa shape index (κ1) is 55.6. The Morgan fingerprint density at radius 3 is 1.36 bits per heavy atom. The molecule has 0 amide bonds. The normalized spacial score (nSPS) is 11.9. The summed E-state index contributed by atoms with van der Waals surface area (Å²) < 4.78 is 16.5. The molecule has 0 aliphatic heterocycles. The van der Waals surface area contributed by atoms with Gasteiger partial charge in [0, 0.05) is 26.6 Å². The van der Waals surface area contributed by atoms with Crippen molar-refractivity contribution in [1.82, 2.24) is 4.90 Å². The van der Waals surface area contributed by atoms with Crippen LogP contribution in [0.2, 0.25) is 0 Å². The van der Waals surface area contributed by atoms with Crippen molar-refractivity contribution < 1.29 is 28.6 Å². The minimum absolute atomic E-state index is 0.00910. The van der Waals surface area contributed by atoms with Crippen LogP contribution in [-0.4, -0.2) is 70.2 Å². The largest absolute Gasteiger partial charge is 0.466 e. The molecule has 55 heavy (non-hydrogen) atoms. The number of esters is 2. The molecule has 0 heterocycles. The number of rotatable bonds is 41. The van der Waals surface area contributed by atoms with Crippen LogP contribution in [-0.2, 0) is 28.6 Å². The molecule has 1 atom stereocenters. The molecule has 0 bridgehead atoms. The number of hydrogen-bond acceptors (Lipinski definition) is 7. The summed E-state index contributed by atoms with van der Waals surface area (Å²) in [6.45, 7) is 10.9. The third-order valence-electron chi connectivity index (χ3n) is 10.9. The van der Waals surface area contributed by atoms with Gasteiger partial charge in [0.1, 0.15) is 12.4 Å². The summed E-state index contributed by atoms with van der Waals surface area (Å²) in [5.41, 5.74) is 0. The Morgan fingerprint density at radius 1 is 0.509 bits per heavy atom. The highest BCUT2D eigenvalue weighted by atomic mass is 16.5. The number of ether oxygens (including phenoxy) is 3. The van der Waals surface area contributed by atoms with Gasteiger partial charge in [0.25, 0.3) is 0 Å². The van der Waals surface area contributed by atoms with Gasteiger partial charge in [0.2, 0.25) is 0 Å². The van der Waals surface area contributed by atoms with E-state index in [1.54, 1.807) is 0 Å². The second-order valence-corrected chi connectivity index (χ2v) is 16.7. The SMILES string of the molecule is CCCCCC(CCCCC)CCOC.CCCCCC(CCCCC)CCOC(=O)CCCCCCCC(CCCCCCCC=O)OC(=O)CN(C)C. The molecule has 0 rings (SSSR count). The second kappa shape index (κ2) is 45.2. The first-order valence-corrected chi connectivity index (χ1v) is 23.7. The number of unbranched alkanes of at least 4 members (excludes halogenated alkanes) is 17. The predicted octanol–water partition coefficient (Wildman–Crippen LogP) is 13.6. The molecule has 1 unspecified atom stereocenters. The maximum absolute atomic E-state index is 12.2. The average Bonchev–Trinajstić information content (AvgIpc) is 3.15. The predicted molar refractivity (Wildman–Crippen MR) is 235 cm³/mol. The van der Waals surface area contributed by atoms with Gasteiger partial charge in [-0.15, -0.1) is 0 Å². The van der Waals surface area contributed by atoms with Crippen molar-refractivity contribution in [1.29, 1.82) is 0 Å². The molecular weight excluding hydrogens is 687 g/mol. The Bertz CT molecular complexity index is 785. The number of carbonyl (C=O) groups is 3. The summed E-state index contributed by atoms with van der Waals surface area (Å²) in [5, 5.41) is 0. The van der Waals surface area contributed by atoms with E-state index in [9.17, 15) is 14.4 Å². The number of aldehydes is 1. The topological polar surface area (TPSA) is 82.1 Å². The molecule has 0 radical (unpaired) electrons. The number of hydrogen-bond donors (Lipinski definition) is 0. The third kappa shape index (κ3) is 43.5. The van der Waals surface area contributed by atoms with Crippen molar-refractivity contribution in [2.24, 2.45) is 11.8 Å². The van der Waals surface area contributed by atoms with Gasteiger partial charge in [0.15, 0.2) is 0 Å². The lowest BCUT2D eigenvalue weighted by Gasteiger charge is -2.19. The van der Waals surface area contributed by atoms with Crippen LogP contribution in [0.1, 0.15) is 233 Å². The smallest absolute Gasteiger partial charge is 0.320 e. The van der Waals surface area contributed by atoms with Crippen LogP contribution in [0, 0.1) is 11.8 Å². The van der Waals surface area contributed by atoms with Gasteiger partial charge in [-0.3, -0.25) is 14.5 Å². The molecule has 0 fully saturated rings. The van der Waals surface area contributed by atoms with Gasteiger partial charge in [-0.25, -0.2) is 0 Å². The van der Waals surface area contributed by atoms with E-state index in [4.69, 9.17) is 14.2 Å². The van der Waals surface area contributed by atoms with Crippen molar-refractivity contribution in [3.05, 3.63) is 0 Å². The summed E-state index contributed by atoms with van der Waals surface area (Å²) in [5.74, 6) is 1.43. The summed E-state index contributed by atoms with van der Waals surface area (Å²) in [7, 11) is 5.58. The Kier molecular flexibility index (Phi) is 45.8. The van der Waals surface area contributed by atoms with Crippen molar-refractivity contribution in [3.8, 4) is 0 Å². The fourth-order valence-electron chi connectivity index (χ4n) is 7.34. The molecule has 328 valence electrons. The molecule has 0 aromatic rings. The molecular formula is C48H95NO6. The van der Waals surface area contributed by atoms with Gasteiger partial charge in [0.05, 0.1) is 13.2 Å². The van der Waals surface area contributed by atoms with E-state index < -0.39 is 0 Å². The van der Waals surface area contributed by atoms with Crippen molar-refractivity contribution in [2.75, 3.05) is 41.0 Å². The summed E-state index contributed by atoms with van der Waals surface area (Å²) in [6.07, 6.45) is 38.2. The summed E-state index contributed by atoms with van der Waals surface area (Å²) in [6, 6.07) is 0. The Labute approximate surface area is 342 Å². The number of carbonyl (C=O) groups excluding carboxylic acids is 3. The van der Waals surface area contributed by atoms with Gasteiger partial charge < -0.3 is 19.0 Å². The van der Waals surface area contributed by atoms with Crippen LogP contribution in [0.5, 0.6) is 0 Å². The monoisotopic (exact) mass is 782 g/mol. The molecule has 0 spiro atoms. The van der Waals surface area contributed by atoms with Crippen LogP contribution in [0.3, 0.4) is 0 Å². The van der Waals surface area contributed by atoms with Crippen LogP contribution < -0.4 is 0 Å². The lowest BCUT2D eigenvalue weighted by Crippen LogP contribution is -2.27. The standard InChI is InChI=1S/C34H65NO5.C14H30O/c1-5-7-16-22-31(23-17-8-6-2)27-29-39-33(37)26-20-14-11-13-19-25-32(40-34(38)30-35(3)4)24-18-12-9-10-15-21-28-36;1-4-6-8-10-14(12-13-15-3)11-9-7-5-2/h28,31-32H,5-27,29-30H2,1-4H3;14H,4-13H2,1-3H3. The fourth-order valence-corrected chi connectivity index (χ4v) is 7.34. The first-order chi connectivity index (χ1) is 26.8. The number of likely N-dealkylation sites (N-methyl/N-ethyl adjacent to an activating group) is 1. The van der Waals surface area contributed by atoms with Crippen molar-refractivity contribution >= 4 is 18.2 Å². The fraction of sp³-hybridized carbons (Fsp3) is 0.938. The maximum Gasteiger partial charge on any atom is 0.320 e. The maximum atomic E-state index is 12.2. The van der Waals surface area contributed by atoms with E-state index >= 15 is 0 Å². The highest BCUT2D eigenvalue weighted by Crippen LogP contribution is 2.23. The Hall–Kier alpha value is -1.47. The van der Waals surface area contributed by atoms with Crippen LogP contribution in [0.25, 0.3) is 0 Å². The highest BCUT2D eigenvalue weighted by Gasteiger charge is 2.15. The van der Waals surface area contributed by atoms with Gasteiger partial charge in [-0.1, -0.05) is 169 Å². The highest BCUT2D eigenvalue weighted by molar-refractivity contribution is 5.71. The number of nitrogens with zero attached hydrogens (tertiary/aromatic N) is 1. The van der Waals surface area contributed by atoms with Crippen molar-refractivity contribution in [2.45, 2.75) is 239 Å². The zero-order valence-electron chi connectivity index (χ0n) is 38.0. The first-order valence-electron chi connectivity index (χ1n) is 23.7. The lowest BCUT2D eigenvalue weighted by molar-refractivity contribution is -0.150. The Balaban J connectivity index is 0. The van der Waals surface area contributed by atoms with Crippen LogP contribution in [0.4, 0.5) is 0 Å². The van der Waals surface area contributed by atoms with Crippen LogP contribution in [0.15, 0.2) is 0 Å². The van der Waals surface area contributed by atoms with E-state index in [1.807, 2.05) is 26.1 Å². The van der Waals surface area contributed by atoms with E-state index in [1.165, 1.54) is 109 Å². The summed E-state index contributed by atoms with van der Waals surface area (Å²) >= 11 is 0. The molecule has 7 heteroatoms. The number of methoxy groups -OCH3 is 1. The molecule has 7 nitrogen and oxygen atoms in total. The molecule has 0 aliphatic carbocycles. The molecule has 0 aromatic carbocycles. The zero-order chi connectivity index (χ0) is 41.0. The molecule has 0 saturated carbocycles. The minimum atomic E-state index is -0.146. The Morgan fingerprint density at radius 2 is 0.927 bits per heavy atom. The van der Waals surface area contributed by atoms with E-state index in [0.29, 0.717) is 31.9 Å². The minimum Gasteiger partial charge on any atom is -0.466 e. The molecule has 0 saturated heterocycles.